The molecule has 1 aromatic carbocycles. The number of H-pyrrole nitrogens is 1. The number of amides is 2. The average Bonchev–Trinajstić information content (AvgIpc) is 3.46. The molecule has 1 fully saturated rings. The Kier molecular flexibility index (Phi) is 5.18. The molecule has 0 unspecified atom stereocenters. The summed E-state index contributed by atoms with van der Waals surface area (Å²) in [5.41, 5.74) is 1.33. The van der Waals surface area contributed by atoms with E-state index >= 15 is 0 Å². The first-order valence-electron chi connectivity index (χ1n) is 8.45. The highest BCUT2D eigenvalue weighted by molar-refractivity contribution is 5.99. The van der Waals surface area contributed by atoms with Gasteiger partial charge in [0.1, 0.15) is 5.56 Å². The molecule has 0 spiro atoms. The summed E-state index contributed by atoms with van der Waals surface area (Å²) in [5, 5.41) is 11.9. The fourth-order valence-electron chi connectivity index (χ4n) is 2.57. The first-order valence-corrected chi connectivity index (χ1v) is 8.45. The van der Waals surface area contributed by atoms with Gasteiger partial charge in [-0.3, -0.25) is 14.4 Å². The highest BCUT2D eigenvalue weighted by Crippen LogP contribution is 2.19. The van der Waals surface area contributed by atoms with Gasteiger partial charge in [-0.25, -0.2) is 0 Å². The molecule has 0 bridgehead atoms. The summed E-state index contributed by atoms with van der Waals surface area (Å²) >= 11 is 0. The van der Waals surface area contributed by atoms with E-state index in [1.54, 1.807) is 19.2 Å². The lowest BCUT2D eigenvalue weighted by molar-refractivity contribution is 0.0783. The highest BCUT2D eigenvalue weighted by atomic mass is 16.3. The van der Waals surface area contributed by atoms with Crippen LogP contribution in [-0.4, -0.2) is 39.9 Å². The van der Waals surface area contributed by atoms with Gasteiger partial charge >= 0.3 is 0 Å². The first kappa shape index (κ1) is 17.9. The average molecular weight is 355 g/mol. The number of carbonyl (C=O) groups excluding carboxylic acids is 2. The topological polar surface area (TPSA) is 102 Å². The summed E-state index contributed by atoms with van der Waals surface area (Å²) in [6, 6.07) is 8.73. The van der Waals surface area contributed by atoms with Crippen LogP contribution in [0.1, 0.15) is 44.7 Å². The number of nitrogens with zero attached hydrogens (tertiary/aromatic N) is 1. The Bertz CT molecular complexity index is 869. The molecule has 7 heteroatoms. The van der Waals surface area contributed by atoms with Gasteiger partial charge in [0.25, 0.3) is 17.4 Å². The van der Waals surface area contributed by atoms with Crippen molar-refractivity contribution in [3.8, 4) is 0 Å². The predicted octanol–water partition coefficient (Wildman–Crippen LogP) is 1.03. The van der Waals surface area contributed by atoms with E-state index in [1.807, 2.05) is 12.1 Å². The first-order chi connectivity index (χ1) is 12.5. The third-order valence-corrected chi connectivity index (χ3v) is 4.28. The largest absolute Gasteiger partial charge is 0.392 e. The smallest absolute Gasteiger partial charge is 0.260 e. The number of hydrogen-bond donors (Lipinski definition) is 3. The summed E-state index contributed by atoms with van der Waals surface area (Å²) < 4.78 is 0. The Morgan fingerprint density at radius 2 is 1.88 bits per heavy atom. The summed E-state index contributed by atoms with van der Waals surface area (Å²) in [5.74, 6) is -0.751. The van der Waals surface area contributed by atoms with Gasteiger partial charge in [-0.2, -0.15) is 0 Å². The van der Waals surface area contributed by atoms with Crippen molar-refractivity contribution in [3.05, 3.63) is 69.1 Å². The van der Waals surface area contributed by atoms with Crippen LogP contribution in [0, 0.1) is 0 Å². The normalized spacial score (nSPS) is 13.3. The number of aliphatic hydroxyl groups is 1. The number of aromatic nitrogens is 1. The van der Waals surface area contributed by atoms with Crippen molar-refractivity contribution in [3.63, 3.8) is 0 Å². The van der Waals surface area contributed by atoms with Gasteiger partial charge < -0.3 is 20.3 Å². The number of pyridine rings is 1. The van der Waals surface area contributed by atoms with Crippen LogP contribution in [0.15, 0.2) is 41.3 Å². The van der Waals surface area contributed by atoms with E-state index in [0.717, 1.165) is 24.0 Å². The quantitative estimate of drug-likeness (QED) is 0.720. The van der Waals surface area contributed by atoms with Gasteiger partial charge in [-0.1, -0.05) is 24.3 Å². The van der Waals surface area contributed by atoms with Crippen LogP contribution in [-0.2, 0) is 13.2 Å². The maximum Gasteiger partial charge on any atom is 0.260 e. The van der Waals surface area contributed by atoms with E-state index in [4.69, 9.17) is 5.11 Å². The molecule has 3 N–H and O–H groups in total. The van der Waals surface area contributed by atoms with Crippen molar-refractivity contribution in [2.45, 2.75) is 32.0 Å². The number of aromatic amines is 1. The second-order valence-electron chi connectivity index (χ2n) is 6.51. The van der Waals surface area contributed by atoms with E-state index in [-0.39, 0.29) is 29.7 Å². The van der Waals surface area contributed by atoms with Crippen LogP contribution in [0.25, 0.3) is 0 Å². The number of rotatable bonds is 6. The molecule has 1 saturated carbocycles. The van der Waals surface area contributed by atoms with Crippen LogP contribution in [0.2, 0.25) is 0 Å². The van der Waals surface area contributed by atoms with Crippen LogP contribution in [0.3, 0.4) is 0 Å². The molecule has 0 radical (unpaired) electrons. The highest BCUT2D eigenvalue weighted by Gasteiger charge is 2.25. The number of aliphatic hydroxyl groups excluding tert-OH is 1. The van der Waals surface area contributed by atoms with Gasteiger partial charge in [0.15, 0.2) is 0 Å². The molecule has 1 aliphatic carbocycles. The summed E-state index contributed by atoms with van der Waals surface area (Å²) in [6.07, 6.45) is 3.24. The van der Waals surface area contributed by atoms with E-state index in [9.17, 15) is 14.4 Å². The van der Waals surface area contributed by atoms with Gasteiger partial charge in [0.05, 0.1) is 12.2 Å². The van der Waals surface area contributed by atoms with Crippen LogP contribution in [0.4, 0.5) is 0 Å². The van der Waals surface area contributed by atoms with Gasteiger partial charge in [-0.05, 0) is 30.0 Å². The van der Waals surface area contributed by atoms with Gasteiger partial charge in [0.2, 0.25) is 0 Å². The van der Waals surface area contributed by atoms with Crippen molar-refractivity contribution in [1.29, 1.82) is 0 Å². The van der Waals surface area contributed by atoms with Crippen LogP contribution in [0.5, 0.6) is 0 Å². The molecule has 1 heterocycles. The zero-order valence-corrected chi connectivity index (χ0v) is 14.5. The Morgan fingerprint density at radius 1 is 1.23 bits per heavy atom. The summed E-state index contributed by atoms with van der Waals surface area (Å²) in [7, 11) is 1.60. The third-order valence-electron chi connectivity index (χ3n) is 4.28. The zero-order chi connectivity index (χ0) is 18.7. The molecule has 3 rings (SSSR count). The standard InChI is InChI=1S/C19H21N3O4/c1-22(10-12-2-4-13(11-23)5-3-12)19(26)16-8-14(9-20-18(16)25)17(24)21-15-6-7-15/h2-5,8-9,15,23H,6-7,10-11H2,1H3,(H,20,25)(H,21,24). The lowest BCUT2D eigenvalue weighted by Crippen LogP contribution is -2.33. The number of hydrogen-bond acceptors (Lipinski definition) is 4. The number of benzene rings is 1. The molecule has 1 aliphatic rings. The summed E-state index contributed by atoms with van der Waals surface area (Å²) in [6.45, 7) is 0.266. The molecule has 0 aliphatic heterocycles. The fraction of sp³-hybridized carbons (Fsp3) is 0.316. The Morgan fingerprint density at radius 3 is 2.50 bits per heavy atom. The maximum absolute atomic E-state index is 12.6. The molecule has 7 nitrogen and oxygen atoms in total. The molecule has 0 atom stereocenters. The monoisotopic (exact) mass is 355 g/mol. The molecule has 2 aromatic rings. The molecule has 1 aromatic heterocycles. The summed E-state index contributed by atoms with van der Waals surface area (Å²) in [4.78, 5) is 40.7. The minimum Gasteiger partial charge on any atom is -0.392 e. The minimum absolute atomic E-state index is 0.0415. The predicted molar refractivity (Wildman–Crippen MR) is 95.7 cm³/mol. The Balaban J connectivity index is 1.74. The van der Waals surface area contributed by atoms with Crippen LogP contribution < -0.4 is 10.9 Å². The fourth-order valence-corrected chi connectivity index (χ4v) is 2.57. The van der Waals surface area contributed by atoms with E-state index in [2.05, 4.69) is 10.3 Å². The lowest BCUT2D eigenvalue weighted by atomic mass is 10.1. The SMILES string of the molecule is CN(Cc1ccc(CO)cc1)C(=O)c1cc(C(=O)NC2CC2)c[nH]c1=O. The Labute approximate surface area is 150 Å². The molecule has 136 valence electrons. The minimum atomic E-state index is -0.527. The van der Waals surface area contributed by atoms with Gasteiger partial charge in [-0.15, -0.1) is 0 Å². The zero-order valence-electron chi connectivity index (χ0n) is 14.5. The lowest BCUT2D eigenvalue weighted by Gasteiger charge is -2.17. The van der Waals surface area contributed by atoms with E-state index in [1.165, 1.54) is 17.2 Å². The number of nitrogens with one attached hydrogen (secondary N) is 2. The van der Waals surface area contributed by atoms with E-state index < -0.39 is 11.5 Å². The van der Waals surface area contributed by atoms with Gasteiger partial charge in [0, 0.05) is 25.8 Å². The van der Waals surface area contributed by atoms with Crippen molar-refractivity contribution in [1.82, 2.24) is 15.2 Å². The van der Waals surface area contributed by atoms with Crippen molar-refractivity contribution in [2.75, 3.05) is 7.05 Å². The molecule has 0 saturated heterocycles. The Hall–Kier alpha value is -2.93. The second-order valence-corrected chi connectivity index (χ2v) is 6.51. The van der Waals surface area contributed by atoms with Crippen LogP contribution >= 0.6 is 0 Å². The van der Waals surface area contributed by atoms with E-state index in [0.29, 0.717) is 6.54 Å². The van der Waals surface area contributed by atoms with Crippen molar-refractivity contribution >= 4 is 11.8 Å². The molecular formula is C19H21N3O4. The molecule has 2 amide bonds. The van der Waals surface area contributed by atoms with Crippen molar-refractivity contribution in [2.24, 2.45) is 0 Å². The molecule has 26 heavy (non-hydrogen) atoms. The second kappa shape index (κ2) is 7.53. The molecular weight excluding hydrogens is 334 g/mol. The maximum atomic E-state index is 12.6. The van der Waals surface area contributed by atoms with Crippen molar-refractivity contribution < 1.29 is 14.7 Å². The number of carbonyl (C=O) groups is 2. The third kappa shape index (κ3) is 4.18.